The first-order valence-electron chi connectivity index (χ1n) is 8.48. The summed E-state index contributed by atoms with van der Waals surface area (Å²) >= 11 is 12.0. The van der Waals surface area contributed by atoms with Crippen LogP contribution in [0, 0.1) is 6.92 Å². The zero-order valence-corrected chi connectivity index (χ0v) is 17.6. The third-order valence-corrected chi connectivity index (χ3v) is 4.25. The standard InChI is InChI=1S/C19H20Cl2N4O4/c1-11-4-5-15(22-8-11)23-16(26)9-25(2)10-17(27)24-18-13(19(28)29-3)6-12(20)7-14(18)21/h4-8H,9-10H2,1-3H3,(H,24,27)(H,22,23,26). The molecule has 2 aromatic rings. The summed E-state index contributed by atoms with van der Waals surface area (Å²) in [5.41, 5.74) is 1.10. The highest BCUT2D eigenvalue weighted by molar-refractivity contribution is 6.37. The minimum absolute atomic E-state index is 0.0317. The number of hydrogen-bond donors (Lipinski definition) is 2. The number of esters is 1. The number of benzene rings is 1. The van der Waals surface area contributed by atoms with Crippen LogP contribution >= 0.6 is 23.2 Å². The number of likely N-dealkylation sites (N-methyl/N-ethyl adjacent to an activating group) is 1. The molecule has 0 saturated heterocycles. The fourth-order valence-corrected chi connectivity index (χ4v) is 2.96. The number of nitrogens with zero attached hydrogens (tertiary/aromatic N) is 2. The number of carbonyl (C=O) groups is 3. The SMILES string of the molecule is COC(=O)c1cc(Cl)cc(Cl)c1NC(=O)CN(C)CC(=O)Nc1ccc(C)cn1. The van der Waals surface area contributed by atoms with E-state index in [4.69, 9.17) is 23.2 Å². The fraction of sp³-hybridized carbons (Fsp3) is 0.263. The first-order chi connectivity index (χ1) is 13.7. The van der Waals surface area contributed by atoms with E-state index in [1.54, 1.807) is 19.3 Å². The summed E-state index contributed by atoms with van der Waals surface area (Å²) in [4.78, 5) is 42.0. The number of rotatable bonds is 7. The maximum atomic E-state index is 12.4. The molecule has 29 heavy (non-hydrogen) atoms. The van der Waals surface area contributed by atoms with Gasteiger partial charge in [-0.15, -0.1) is 0 Å². The lowest BCUT2D eigenvalue weighted by Crippen LogP contribution is -2.36. The van der Waals surface area contributed by atoms with Gasteiger partial charge in [-0.3, -0.25) is 14.5 Å². The van der Waals surface area contributed by atoms with Crippen LogP contribution in [0.2, 0.25) is 10.0 Å². The predicted octanol–water partition coefficient (Wildman–Crippen LogP) is 2.99. The van der Waals surface area contributed by atoms with Crippen molar-refractivity contribution in [3.63, 3.8) is 0 Å². The van der Waals surface area contributed by atoms with Crippen LogP contribution in [0.1, 0.15) is 15.9 Å². The van der Waals surface area contributed by atoms with Crippen molar-refractivity contribution in [3.8, 4) is 0 Å². The number of pyridine rings is 1. The zero-order chi connectivity index (χ0) is 21.6. The summed E-state index contributed by atoms with van der Waals surface area (Å²) in [6.45, 7) is 1.74. The molecular formula is C19H20Cl2N4O4. The van der Waals surface area contributed by atoms with Gasteiger partial charge >= 0.3 is 5.97 Å². The van der Waals surface area contributed by atoms with Crippen LogP contribution in [-0.4, -0.2) is 54.9 Å². The van der Waals surface area contributed by atoms with Crippen LogP contribution in [-0.2, 0) is 14.3 Å². The van der Waals surface area contributed by atoms with Gasteiger partial charge in [0.2, 0.25) is 11.8 Å². The molecule has 0 aliphatic carbocycles. The second kappa shape index (κ2) is 10.2. The molecule has 10 heteroatoms. The Bertz CT molecular complexity index is 919. The van der Waals surface area contributed by atoms with Crippen LogP contribution in [0.5, 0.6) is 0 Å². The largest absolute Gasteiger partial charge is 0.465 e. The number of anilines is 2. The second-order valence-electron chi connectivity index (χ2n) is 6.29. The van der Waals surface area contributed by atoms with Gasteiger partial charge in [0, 0.05) is 11.2 Å². The zero-order valence-electron chi connectivity index (χ0n) is 16.1. The summed E-state index contributed by atoms with van der Waals surface area (Å²) in [6.07, 6.45) is 1.64. The van der Waals surface area contributed by atoms with E-state index < -0.39 is 11.9 Å². The van der Waals surface area contributed by atoms with Crippen LogP contribution < -0.4 is 10.6 Å². The average molecular weight is 439 g/mol. The van der Waals surface area contributed by atoms with Crippen LogP contribution in [0.15, 0.2) is 30.5 Å². The Hall–Kier alpha value is -2.68. The summed E-state index contributed by atoms with van der Waals surface area (Å²) in [6, 6.07) is 6.27. The Morgan fingerprint density at radius 1 is 1.10 bits per heavy atom. The van der Waals surface area contributed by atoms with Crippen LogP contribution in [0.4, 0.5) is 11.5 Å². The summed E-state index contributed by atoms with van der Waals surface area (Å²) in [5, 5.41) is 5.54. The number of amides is 2. The van der Waals surface area contributed by atoms with Gasteiger partial charge in [0.15, 0.2) is 0 Å². The number of nitrogens with one attached hydrogen (secondary N) is 2. The molecule has 0 saturated carbocycles. The van der Waals surface area contributed by atoms with E-state index in [2.05, 4.69) is 20.4 Å². The summed E-state index contributed by atoms with van der Waals surface area (Å²) < 4.78 is 4.69. The number of aryl methyl sites for hydroxylation is 1. The topological polar surface area (TPSA) is 101 Å². The Balaban J connectivity index is 1.97. The fourth-order valence-electron chi connectivity index (χ4n) is 2.42. The Morgan fingerprint density at radius 2 is 1.76 bits per heavy atom. The maximum Gasteiger partial charge on any atom is 0.340 e. The minimum Gasteiger partial charge on any atom is -0.465 e. The maximum absolute atomic E-state index is 12.4. The van der Waals surface area contributed by atoms with Gasteiger partial charge in [0.25, 0.3) is 0 Å². The van der Waals surface area contributed by atoms with E-state index in [1.165, 1.54) is 24.1 Å². The van der Waals surface area contributed by atoms with E-state index in [0.717, 1.165) is 5.56 Å². The van der Waals surface area contributed by atoms with E-state index in [9.17, 15) is 14.4 Å². The molecule has 2 rings (SSSR count). The molecule has 1 aromatic heterocycles. The van der Waals surface area contributed by atoms with Gasteiger partial charge in [-0.05, 0) is 37.7 Å². The quantitative estimate of drug-likeness (QED) is 0.644. The van der Waals surface area contributed by atoms with Gasteiger partial charge in [0.05, 0.1) is 36.5 Å². The molecule has 0 spiro atoms. The molecule has 2 N–H and O–H groups in total. The number of hydrogen-bond acceptors (Lipinski definition) is 6. The Kier molecular flexibility index (Phi) is 7.95. The molecule has 0 aliphatic rings. The molecule has 154 valence electrons. The second-order valence-corrected chi connectivity index (χ2v) is 7.13. The molecule has 0 aliphatic heterocycles. The van der Waals surface area contributed by atoms with Crippen molar-refractivity contribution in [2.24, 2.45) is 0 Å². The highest BCUT2D eigenvalue weighted by Gasteiger charge is 2.19. The van der Waals surface area contributed by atoms with Crippen LogP contribution in [0.3, 0.4) is 0 Å². The van der Waals surface area contributed by atoms with Crippen molar-refractivity contribution in [3.05, 3.63) is 51.6 Å². The number of halogens is 2. The van der Waals surface area contributed by atoms with Gasteiger partial charge in [-0.1, -0.05) is 29.3 Å². The first-order valence-corrected chi connectivity index (χ1v) is 9.23. The van der Waals surface area contributed by atoms with Gasteiger partial charge in [-0.2, -0.15) is 0 Å². The van der Waals surface area contributed by atoms with Gasteiger partial charge < -0.3 is 15.4 Å². The number of carbonyl (C=O) groups excluding carboxylic acids is 3. The van der Waals surface area contributed by atoms with E-state index in [1.807, 2.05) is 13.0 Å². The predicted molar refractivity (Wildman–Crippen MR) is 112 cm³/mol. The third kappa shape index (κ3) is 6.70. The molecule has 1 heterocycles. The lowest BCUT2D eigenvalue weighted by molar-refractivity contribution is -0.119. The molecular weight excluding hydrogens is 419 g/mol. The van der Waals surface area contributed by atoms with E-state index >= 15 is 0 Å². The smallest absolute Gasteiger partial charge is 0.340 e. The highest BCUT2D eigenvalue weighted by Crippen LogP contribution is 2.30. The number of aromatic nitrogens is 1. The van der Waals surface area contributed by atoms with Crippen molar-refractivity contribution in [2.45, 2.75) is 6.92 Å². The van der Waals surface area contributed by atoms with Crippen molar-refractivity contribution < 1.29 is 19.1 Å². The van der Waals surface area contributed by atoms with Crippen molar-refractivity contribution in [2.75, 3.05) is 37.9 Å². The molecule has 0 unspecified atom stereocenters. The monoisotopic (exact) mass is 438 g/mol. The molecule has 0 atom stereocenters. The summed E-state index contributed by atoms with van der Waals surface area (Å²) in [5.74, 6) is -1.06. The minimum atomic E-state index is -0.692. The van der Waals surface area contributed by atoms with E-state index in [0.29, 0.717) is 5.82 Å². The number of ether oxygens (including phenoxy) is 1. The molecule has 2 amide bonds. The lowest BCUT2D eigenvalue weighted by atomic mass is 10.1. The Morgan fingerprint density at radius 3 is 2.34 bits per heavy atom. The van der Waals surface area contributed by atoms with Crippen molar-refractivity contribution >= 4 is 52.5 Å². The Labute approximate surface area is 178 Å². The van der Waals surface area contributed by atoms with Crippen molar-refractivity contribution in [1.82, 2.24) is 9.88 Å². The molecule has 0 bridgehead atoms. The number of methoxy groups -OCH3 is 1. The third-order valence-electron chi connectivity index (χ3n) is 3.73. The normalized spacial score (nSPS) is 10.6. The first kappa shape index (κ1) is 22.6. The highest BCUT2D eigenvalue weighted by atomic mass is 35.5. The summed E-state index contributed by atoms with van der Waals surface area (Å²) in [7, 11) is 2.81. The van der Waals surface area contributed by atoms with Crippen molar-refractivity contribution in [1.29, 1.82) is 0 Å². The van der Waals surface area contributed by atoms with Gasteiger partial charge in [0.1, 0.15) is 5.82 Å². The van der Waals surface area contributed by atoms with Crippen LogP contribution in [0.25, 0.3) is 0 Å². The molecule has 1 aromatic carbocycles. The molecule has 0 fully saturated rings. The molecule has 8 nitrogen and oxygen atoms in total. The van der Waals surface area contributed by atoms with Gasteiger partial charge in [-0.25, -0.2) is 9.78 Å². The average Bonchev–Trinajstić information content (AvgIpc) is 2.64. The molecule has 0 radical (unpaired) electrons. The lowest BCUT2D eigenvalue weighted by Gasteiger charge is -2.17. The van der Waals surface area contributed by atoms with E-state index in [-0.39, 0.29) is 40.3 Å².